The molecule has 8 heteroatoms. The Morgan fingerprint density at radius 1 is 1.28 bits per heavy atom. The normalized spacial score (nSPS) is 11.1. The van der Waals surface area contributed by atoms with Crippen molar-refractivity contribution in [1.29, 1.82) is 0 Å². The number of benzene rings is 1. The van der Waals surface area contributed by atoms with E-state index in [4.69, 9.17) is 9.15 Å². The van der Waals surface area contributed by atoms with Gasteiger partial charge in [-0.25, -0.2) is 9.78 Å². The summed E-state index contributed by atoms with van der Waals surface area (Å²) in [6.07, 6.45) is 3.99. The summed E-state index contributed by atoms with van der Waals surface area (Å²) < 4.78 is 9.88. The van der Waals surface area contributed by atoms with E-state index in [0.717, 1.165) is 6.08 Å². The summed E-state index contributed by atoms with van der Waals surface area (Å²) in [7, 11) is 1.54. The van der Waals surface area contributed by atoms with Gasteiger partial charge in [-0.1, -0.05) is 18.2 Å². The number of ether oxygens (including phenoxy) is 1. The number of pyridine rings is 1. The first-order valence-corrected chi connectivity index (χ1v) is 8.71. The Morgan fingerprint density at radius 2 is 2.10 bits per heavy atom. The molecule has 3 rings (SSSR count). The van der Waals surface area contributed by atoms with Gasteiger partial charge in [-0.2, -0.15) is 0 Å². The van der Waals surface area contributed by atoms with E-state index in [9.17, 15) is 19.5 Å². The maximum Gasteiger partial charge on any atom is 0.352 e. The molecular weight excluding hydrogens is 376 g/mol. The monoisotopic (exact) mass is 394 g/mol. The van der Waals surface area contributed by atoms with Gasteiger partial charge in [0.05, 0.1) is 12.0 Å². The predicted octanol–water partition coefficient (Wildman–Crippen LogP) is 2.17. The first-order chi connectivity index (χ1) is 14.0. The molecule has 1 amide bonds. The molecule has 148 valence electrons. The number of amides is 1. The van der Waals surface area contributed by atoms with Crippen LogP contribution in [0, 0.1) is 0 Å². The second-order valence-corrected chi connectivity index (χ2v) is 6.04. The third-order valence-corrected chi connectivity index (χ3v) is 4.07. The quantitative estimate of drug-likeness (QED) is 0.358. The highest BCUT2D eigenvalue weighted by molar-refractivity contribution is 6.10. The van der Waals surface area contributed by atoms with Crippen molar-refractivity contribution in [1.82, 2.24) is 10.3 Å². The average molecular weight is 394 g/mol. The second kappa shape index (κ2) is 8.94. The van der Waals surface area contributed by atoms with Crippen molar-refractivity contribution in [2.24, 2.45) is 0 Å². The van der Waals surface area contributed by atoms with Gasteiger partial charge < -0.3 is 19.6 Å². The Hall–Kier alpha value is -3.78. The van der Waals surface area contributed by atoms with E-state index in [0.29, 0.717) is 24.3 Å². The molecule has 8 nitrogen and oxygen atoms in total. The summed E-state index contributed by atoms with van der Waals surface area (Å²) in [4.78, 5) is 40.5. The molecule has 0 spiro atoms. The minimum atomic E-state index is -0.977. The number of aromatic nitrogens is 1. The highest BCUT2D eigenvalue weighted by Crippen LogP contribution is 2.25. The molecule has 1 aromatic carbocycles. The van der Waals surface area contributed by atoms with Crippen LogP contribution >= 0.6 is 0 Å². The number of nitrogens with one attached hydrogen (secondary N) is 1. The van der Waals surface area contributed by atoms with Crippen LogP contribution in [0.15, 0.2) is 57.9 Å². The predicted molar refractivity (Wildman–Crippen MR) is 106 cm³/mol. The number of aromatic hydroxyl groups is 1. The number of hydrogen-bond acceptors (Lipinski definition) is 7. The van der Waals surface area contributed by atoms with E-state index in [1.807, 2.05) is 0 Å². The maximum atomic E-state index is 12.5. The largest absolute Gasteiger partial charge is 0.506 e. The number of hydrogen-bond donors (Lipinski definition) is 2. The van der Waals surface area contributed by atoms with Crippen molar-refractivity contribution in [3.8, 4) is 5.75 Å². The maximum absolute atomic E-state index is 12.5. The zero-order chi connectivity index (χ0) is 20.8. The number of ketones is 1. The molecule has 29 heavy (non-hydrogen) atoms. The Kier molecular flexibility index (Phi) is 6.16. The summed E-state index contributed by atoms with van der Waals surface area (Å²) in [6, 6.07) is 9.64. The lowest BCUT2D eigenvalue weighted by molar-refractivity contribution is 0.0936. The minimum absolute atomic E-state index is 0.0530. The highest BCUT2D eigenvalue weighted by atomic mass is 16.5. The third kappa shape index (κ3) is 4.56. The summed E-state index contributed by atoms with van der Waals surface area (Å²) in [5.41, 5.74) is -0.522. The van der Waals surface area contributed by atoms with E-state index in [1.54, 1.807) is 37.4 Å². The lowest BCUT2D eigenvalue weighted by Crippen LogP contribution is -2.26. The second-order valence-electron chi connectivity index (χ2n) is 6.04. The number of nitrogens with zero attached hydrogens (tertiary/aromatic N) is 1. The molecular formula is C21H18N2O6. The molecule has 2 N–H and O–H groups in total. The van der Waals surface area contributed by atoms with Crippen molar-refractivity contribution < 1.29 is 23.8 Å². The van der Waals surface area contributed by atoms with Crippen molar-refractivity contribution in [2.75, 3.05) is 20.3 Å². The number of carbonyl (C=O) groups excluding carboxylic acids is 2. The topological polar surface area (TPSA) is 119 Å². The van der Waals surface area contributed by atoms with Crippen molar-refractivity contribution in [3.63, 3.8) is 0 Å². The van der Waals surface area contributed by atoms with Crippen LogP contribution in [-0.4, -0.2) is 42.0 Å². The molecule has 0 aliphatic rings. The van der Waals surface area contributed by atoms with Crippen LogP contribution in [0.25, 0.3) is 17.2 Å². The molecule has 2 aromatic heterocycles. The molecule has 0 saturated heterocycles. The molecule has 0 atom stereocenters. The van der Waals surface area contributed by atoms with Gasteiger partial charge in [0.25, 0.3) is 5.91 Å². The highest BCUT2D eigenvalue weighted by Gasteiger charge is 2.19. The zero-order valence-electron chi connectivity index (χ0n) is 15.5. The zero-order valence-corrected chi connectivity index (χ0v) is 15.5. The number of allylic oxidation sites excluding steroid dienone is 1. The van der Waals surface area contributed by atoms with Crippen LogP contribution in [0.5, 0.6) is 5.75 Å². The Labute approximate surface area is 165 Å². The summed E-state index contributed by atoms with van der Waals surface area (Å²) in [5.74, 6) is -1.48. The van der Waals surface area contributed by atoms with Crippen LogP contribution in [0.1, 0.15) is 26.3 Å². The van der Waals surface area contributed by atoms with Gasteiger partial charge in [-0.05, 0) is 35.9 Å². The fraction of sp³-hybridized carbons (Fsp3) is 0.143. The van der Waals surface area contributed by atoms with E-state index in [2.05, 4.69) is 10.3 Å². The smallest absolute Gasteiger partial charge is 0.352 e. The van der Waals surface area contributed by atoms with Gasteiger partial charge in [-0.15, -0.1) is 0 Å². The van der Waals surface area contributed by atoms with Crippen LogP contribution < -0.4 is 10.9 Å². The number of carbonyl (C=O) groups is 2. The molecule has 3 aromatic rings. The van der Waals surface area contributed by atoms with E-state index >= 15 is 0 Å². The van der Waals surface area contributed by atoms with Crippen LogP contribution in [-0.2, 0) is 4.74 Å². The van der Waals surface area contributed by atoms with E-state index in [1.165, 1.54) is 18.3 Å². The van der Waals surface area contributed by atoms with Gasteiger partial charge in [-0.3, -0.25) is 9.59 Å². The van der Waals surface area contributed by atoms with E-state index < -0.39 is 22.7 Å². The van der Waals surface area contributed by atoms with Gasteiger partial charge >= 0.3 is 5.63 Å². The first-order valence-electron chi connectivity index (χ1n) is 8.71. The molecule has 0 unspecified atom stereocenters. The van der Waals surface area contributed by atoms with Crippen molar-refractivity contribution in [2.45, 2.75) is 0 Å². The van der Waals surface area contributed by atoms with Crippen molar-refractivity contribution in [3.05, 3.63) is 75.8 Å². The van der Waals surface area contributed by atoms with Crippen LogP contribution in [0.2, 0.25) is 0 Å². The van der Waals surface area contributed by atoms with Crippen molar-refractivity contribution >= 4 is 28.9 Å². The van der Waals surface area contributed by atoms with Gasteiger partial charge in [0.1, 0.15) is 11.3 Å². The fourth-order valence-electron chi connectivity index (χ4n) is 2.65. The summed E-state index contributed by atoms with van der Waals surface area (Å²) >= 11 is 0. The minimum Gasteiger partial charge on any atom is -0.506 e. The Morgan fingerprint density at radius 3 is 2.90 bits per heavy atom. The summed E-state index contributed by atoms with van der Waals surface area (Å²) in [5, 5.41) is 13.2. The van der Waals surface area contributed by atoms with Gasteiger partial charge in [0.15, 0.2) is 5.78 Å². The molecule has 0 fully saturated rings. The fourth-order valence-corrected chi connectivity index (χ4v) is 2.65. The third-order valence-electron chi connectivity index (χ3n) is 4.07. The molecule has 0 bridgehead atoms. The van der Waals surface area contributed by atoms with Crippen LogP contribution in [0.4, 0.5) is 0 Å². The number of fused-ring (bicyclic) bond motifs is 1. The lowest BCUT2D eigenvalue weighted by Gasteiger charge is -2.05. The molecule has 0 saturated carbocycles. The Balaban J connectivity index is 1.83. The first kappa shape index (κ1) is 20.0. The van der Waals surface area contributed by atoms with Gasteiger partial charge in [0, 0.05) is 25.4 Å². The molecule has 0 radical (unpaired) electrons. The molecule has 2 heterocycles. The lowest BCUT2D eigenvalue weighted by atomic mass is 10.1. The SMILES string of the molecule is COCCNC(=O)c1cccc(C=CC(=O)c2c(O)c3cccnc3oc2=O)c1. The summed E-state index contributed by atoms with van der Waals surface area (Å²) in [6.45, 7) is 0.771. The van der Waals surface area contributed by atoms with Gasteiger partial charge in [0.2, 0.25) is 5.71 Å². The average Bonchev–Trinajstić information content (AvgIpc) is 2.72. The number of methoxy groups -OCH3 is 1. The number of rotatable bonds is 7. The standard InChI is InChI=1S/C21H18N2O6/c1-28-11-10-22-19(26)14-5-2-4-13(12-14)7-8-16(24)17-18(25)15-6-3-9-23-20(15)29-21(17)27/h2-9,12,25H,10-11H2,1H3,(H,22,26). The Bertz CT molecular complexity index is 1150. The van der Waals surface area contributed by atoms with E-state index in [-0.39, 0.29) is 17.0 Å². The van der Waals surface area contributed by atoms with Crippen LogP contribution in [0.3, 0.4) is 0 Å². The molecule has 0 aliphatic carbocycles. The molecule has 0 aliphatic heterocycles.